The molecule has 10 aromatic rings. The van der Waals surface area contributed by atoms with Crippen LogP contribution in [0.25, 0.3) is 67.6 Å². The second kappa shape index (κ2) is 17.5. The molecule has 0 fully saturated rings. The predicted molar refractivity (Wildman–Crippen MR) is 299 cm³/mol. The van der Waals surface area contributed by atoms with Gasteiger partial charge in [0.25, 0.3) is 0 Å². The average molecular weight is 925 g/mol. The smallest absolute Gasteiger partial charge is 0.164 e. The Kier molecular flexibility index (Phi) is 10.4. The Morgan fingerprint density at radius 2 is 0.486 bits per heavy atom. The fourth-order valence-electron chi connectivity index (χ4n) is 11.0. The molecule has 0 amide bonds. The number of fused-ring (bicyclic) bond motifs is 6. The van der Waals surface area contributed by atoms with Crippen LogP contribution in [0.2, 0.25) is 0 Å². The molecule has 0 saturated heterocycles. The van der Waals surface area contributed by atoms with Gasteiger partial charge in [0.2, 0.25) is 0 Å². The van der Waals surface area contributed by atoms with Gasteiger partial charge >= 0.3 is 0 Å². The second-order valence-corrected chi connectivity index (χ2v) is 18.6. The van der Waals surface area contributed by atoms with Gasteiger partial charge in [0.15, 0.2) is 17.5 Å². The lowest BCUT2D eigenvalue weighted by Gasteiger charge is -2.29. The summed E-state index contributed by atoms with van der Waals surface area (Å²) in [5.74, 6) is 1.72. The first kappa shape index (κ1) is 42.7. The van der Waals surface area contributed by atoms with Gasteiger partial charge in [-0.25, -0.2) is 15.0 Å². The van der Waals surface area contributed by atoms with Crippen molar-refractivity contribution < 1.29 is 0 Å². The van der Waals surface area contributed by atoms with E-state index in [-0.39, 0.29) is 0 Å². The van der Waals surface area contributed by atoms with Crippen LogP contribution < -0.4 is 16.0 Å². The van der Waals surface area contributed by atoms with E-state index in [1.807, 2.05) is 0 Å². The first-order chi connectivity index (χ1) is 35.5. The molecule has 1 aromatic heterocycles. The van der Waals surface area contributed by atoms with Crippen molar-refractivity contribution in [2.24, 2.45) is 0 Å². The van der Waals surface area contributed by atoms with Crippen LogP contribution in [0.15, 0.2) is 218 Å². The van der Waals surface area contributed by atoms with Gasteiger partial charge in [-0.2, -0.15) is 0 Å². The molecule has 0 atom stereocenters. The lowest BCUT2D eigenvalue weighted by atomic mass is 9.83. The van der Waals surface area contributed by atoms with Gasteiger partial charge in [0.05, 0.1) is 0 Å². The summed E-state index contributed by atoms with van der Waals surface area (Å²) in [6, 6.07) is 77.0. The summed E-state index contributed by atoms with van der Waals surface area (Å²) in [6.45, 7) is 6.68. The summed E-state index contributed by atoms with van der Waals surface area (Å²) in [7, 11) is 0. The minimum atomic E-state index is 0.575. The Morgan fingerprint density at radius 1 is 0.250 bits per heavy atom. The van der Waals surface area contributed by atoms with E-state index in [9.17, 15) is 0 Å². The number of allylic oxidation sites excluding steroid dienone is 3. The molecule has 72 heavy (non-hydrogen) atoms. The van der Waals surface area contributed by atoms with E-state index < -0.39 is 0 Å². The number of para-hydroxylation sites is 3. The Bertz CT molecular complexity index is 3490. The third kappa shape index (κ3) is 7.15. The molecule has 9 aromatic carbocycles. The number of nitrogens with zero attached hydrogens (tertiary/aromatic N) is 3. The third-order valence-corrected chi connectivity index (χ3v) is 14.4. The van der Waals surface area contributed by atoms with Crippen molar-refractivity contribution in [2.75, 3.05) is 16.0 Å². The maximum absolute atomic E-state index is 5.66. The topological polar surface area (TPSA) is 74.8 Å². The van der Waals surface area contributed by atoms with Crippen molar-refractivity contribution in [1.29, 1.82) is 0 Å². The number of anilines is 6. The molecule has 0 unspecified atom stereocenters. The van der Waals surface area contributed by atoms with Crippen molar-refractivity contribution in [2.45, 2.75) is 20.8 Å². The van der Waals surface area contributed by atoms with E-state index >= 15 is 0 Å². The first-order valence-electron chi connectivity index (χ1n) is 24.5. The molecular weight excluding hydrogens is 877 g/mol. The molecule has 0 bridgehead atoms. The largest absolute Gasteiger partial charge is 0.354 e. The Balaban J connectivity index is 1.12. The standard InChI is InChI=1S/C66H48N6/c1-40(43-22-7-4-8-23-43)58-46-28-13-16-34-52(46)67-55-37-19-31-49(61(55)58)64-70-65(50-32-20-38-56-62(50)59(41(2)44-24-9-5-10-25-44)47-29-14-17-35-53(47)68-56)72-66(71-64)51-33-21-39-57-63(51)60(42(3)45-26-11-6-12-27-45)48-30-15-18-36-54(48)69-57/h4-39,67-69H,1-3H3. The summed E-state index contributed by atoms with van der Waals surface area (Å²) in [4.78, 5) is 17.0. The molecule has 6 heteroatoms. The van der Waals surface area contributed by atoms with Gasteiger partial charge in [0.1, 0.15) is 0 Å². The monoisotopic (exact) mass is 924 g/mol. The fourth-order valence-corrected chi connectivity index (χ4v) is 11.0. The van der Waals surface area contributed by atoms with E-state index in [0.717, 1.165) is 134 Å². The summed E-state index contributed by atoms with van der Waals surface area (Å²) >= 11 is 0. The predicted octanol–water partition coefficient (Wildman–Crippen LogP) is 17.0. The summed E-state index contributed by atoms with van der Waals surface area (Å²) in [6.07, 6.45) is 0. The summed E-state index contributed by atoms with van der Waals surface area (Å²) in [5, 5.41) is 11.4. The summed E-state index contributed by atoms with van der Waals surface area (Å²) in [5.41, 5.74) is 25.6. The van der Waals surface area contributed by atoms with Gasteiger partial charge in [-0.3, -0.25) is 0 Å². The molecule has 3 aliphatic heterocycles. The van der Waals surface area contributed by atoms with Gasteiger partial charge in [-0.05, 0) is 107 Å². The lowest BCUT2D eigenvalue weighted by molar-refractivity contribution is 1.07. The molecule has 0 saturated carbocycles. The van der Waals surface area contributed by atoms with Crippen LogP contribution in [0.1, 0.15) is 70.8 Å². The van der Waals surface area contributed by atoms with Crippen molar-refractivity contribution in [3.8, 4) is 34.2 Å². The Morgan fingerprint density at radius 3 is 0.778 bits per heavy atom. The van der Waals surface area contributed by atoms with Crippen molar-refractivity contribution in [1.82, 2.24) is 15.0 Å². The molecule has 0 aliphatic carbocycles. The van der Waals surface area contributed by atoms with E-state index in [4.69, 9.17) is 15.0 Å². The molecule has 3 N–H and O–H groups in total. The molecule has 0 radical (unpaired) electrons. The number of rotatable bonds is 6. The van der Waals surface area contributed by atoms with Crippen LogP contribution >= 0.6 is 0 Å². The van der Waals surface area contributed by atoms with Crippen LogP contribution in [0.3, 0.4) is 0 Å². The van der Waals surface area contributed by atoms with Crippen LogP contribution in [0, 0.1) is 0 Å². The van der Waals surface area contributed by atoms with Crippen molar-refractivity contribution in [3.63, 3.8) is 0 Å². The minimum absolute atomic E-state index is 0.575. The molecule has 342 valence electrons. The highest BCUT2D eigenvalue weighted by Gasteiger charge is 2.32. The lowest BCUT2D eigenvalue weighted by Crippen LogP contribution is -2.12. The first-order valence-corrected chi connectivity index (χ1v) is 24.5. The second-order valence-electron chi connectivity index (χ2n) is 18.6. The van der Waals surface area contributed by atoms with Gasteiger partial charge in [-0.15, -0.1) is 0 Å². The third-order valence-electron chi connectivity index (χ3n) is 14.4. The zero-order chi connectivity index (χ0) is 48.3. The highest BCUT2D eigenvalue weighted by molar-refractivity contribution is 6.13. The van der Waals surface area contributed by atoms with Crippen LogP contribution in [-0.2, 0) is 0 Å². The number of aromatic nitrogens is 3. The number of hydrogen-bond donors (Lipinski definition) is 3. The van der Waals surface area contributed by atoms with Crippen molar-refractivity contribution in [3.05, 3.63) is 268 Å². The highest BCUT2D eigenvalue weighted by atomic mass is 15.0. The Labute approximate surface area is 419 Å². The van der Waals surface area contributed by atoms with E-state index in [1.54, 1.807) is 0 Å². The number of benzene rings is 9. The molecule has 6 nitrogen and oxygen atoms in total. The van der Waals surface area contributed by atoms with Crippen LogP contribution in [-0.4, -0.2) is 15.0 Å². The zero-order valence-corrected chi connectivity index (χ0v) is 40.1. The minimum Gasteiger partial charge on any atom is -0.354 e. The van der Waals surface area contributed by atoms with Crippen LogP contribution in [0.5, 0.6) is 0 Å². The fraction of sp³-hybridized carbons (Fsp3) is 0.0455. The zero-order valence-electron chi connectivity index (χ0n) is 40.1. The van der Waals surface area contributed by atoms with E-state index in [0.29, 0.717) is 17.5 Å². The number of nitrogens with one attached hydrogen (secondary N) is 3. The van der Waals surface area contributed by atoms with Gasteiger partial charge in [-0.1, -0.05) is 182 Å². The Hall–Kier alpha value is -9.39. The van der Waals surface area contributed by atoms with Gasteiger partial charge < -0.3 is 16.0 Å². The SMILES string of the molecule is CC(=C1c2ccccc2Nc2cccc(-c3nc(-c4cccc5c4C(=C(C)c4ccccc4)c4ccccc4N5)nc(-c4cccc5c4C(=C(C)c4ccccc4)c4ccccc4N5)n3)c21)c1ccccc1. The van der Waals surface area contributed by atoms with Gasteiger partial charge in [0, 0.05) is 84.2 Å². The summed E-state index contributed by atoms with van der Waals surface area (Å²) < 4.78 is 0. The van der Waals surface area contributed by atoms with E-state index in [1.165, 1.54) is 0 Å². The molecule has 0 spiro atoms. The van der Waals surface area contributed by atoms with Crippen molar-refractivity contribution >= 4 is 67.6 Å². The van der Waals surface area contributed by atoms with Crippen LogP contribution in [0.4, 0.5) is 34.1 Å². The normalized spacial score (nSPS) is 14.9. The molecule has 3 aliphatic rings. The molecule has 4 heterocycles. The molecular formula is C66H48N6. The quantitative estimate of drug-likeness (QED) is 0.154. The highest BCUT2D eigenvalue weighted by Crippen LogP contribution is 2.52. The maximum Gasteiger partial charge on any atom is 0.164 e. The maximum atomic E-state index is 5.66. The van der Waals surface area contributed by atoms with E-state index in [2.05, 4.69) is 255 Å². The number of hydrogen-bond acceptors (Lipinski definition) is 6. The molecule has 13 rings (SSSR count). The average Bonchev–Trinajstić information content (AvgIpc) is 3.44.